The second-order valence-electron chi connectivity index (χ2n) is 14.9. The molecular weight excluding hydrogens is 733 g/mol. The molecule has 2 aromatic heterocycles. The van der Waals surface area contributed by atoms with Gasteiger partial charge in [-0.25, -0.2) is 15.0 Å². The lowest BCUT2D eigenvalue weighted by Crippen LogP contribution is -2.09. The van der Waals surface area contributed by atoms with E-state index >= 15 is 0 Å². The summed E-state index contributed by atoms with van der Waals surface area (Å²) in [5.74, 6) is 1.84. The molecule has 11 rings (SSSR count). The summed E-state index contributed by atoms with van der Waals surface area (Å²) in [6.07, 6.45) is 0. The highest BCUT2D eigenvalue weighted by molar-refractivity contribution is 6.13. The van der Waals surface area contributed by atoms with E-state index in [1.54, 1.807) is 0 Å². The Balaban J connectivity index is 0.975. The average molecular weight is 769 g/mol. The first-order chi connectivity index (χ1) is 29.7. The Kier molecular flexibility index (Phi) is 8.75. The molecule has 60 heavy (non-hydrogen) atoms. The SMILES string of the molecule is c1ccc(-c2ccc(N(c3ccc(-c4cccc5oc6cc(-c7nc(-c8ccccc8)nc(-c8ccccc8)n7)ccc6c45)cc3)c3ccc4ccccc4c3)cc2)cc1. The molecule has 282 valence electrons. The molecule has 0 aliphatic carbocycles. The number of nitrogens with zero attached hydrogens (tertiary/aromatic N) is 4. The van der Waals surface area contributed by atoms with Crippen molar-refractivity contribution < 1.29 is 4.42 Å². The second kappa shape index (κ2) is 15.0. The Bertz CT molecular complexity index is 3230. The van der Waals surface area contributed by atoms with Gasteiger partial charge < -0.3 is 9.32 Å². The maximum absolute atomic E-state index is 6.58. The predicted molar refractivity (Wildman–Crippen MR) is 246 cm³/mol. The molecular formula is C55H36N4O. The monoisotopic (exact) mass is 768 g/mol. The summed E-state index contributed by atoms with van der Waals surface area (Å²) < 4.78 is 6.58. The quantitative estimate of drug-likeness (QED) is 0.154. The maximum atomic E-state index is 6.58. The van der Waals surface area contributed by atoms with Gasteiger partial charge in [-0.15, -0.1) is 0 Å². The van der Waals surface area contributed by atoms with Gasteiger partial charge in [0.15, 0.2) is 17.5 Å². The number of hydrogen-bond acceptors (Lipinski definition) is 5. The number of fused-ring (bicyclic) bond motifs is 4. The minimum atomic E-state index is 0.589. The standard InChI is InChI=1S/C55H36N4O/c1-4-13-37(14-5-1)39-23-29-45(30-24-39)59(47-33-25-38-15-10-11-20-43(38)35-47)46-31-26-40(27-32-46)48-21-12-22-50-52(48)49-34-28-44(36-51(49)60-50)55-57-53(41-16-6-2-7-17-41)56-54(58-55)42-18-8-3-9-19-42/h1-36H. The van der Waals surface area contributed by atoms with Crippen molar-refractivity contribution in [1.82, 2.24) is 15.0 Å². The van der Waals surface area contributed by atoms with Crippen molar-refractivity contribution in [3.63, 3.8) is 0 Å². The van der Waals surface area contributed by atoms with Crippen molar-refractivity contribution in [3.8, 4) is 56.4 Å². The smallest absolute Gasteiger partial charge is 0.164 e. The van der Waals surface area contributed by atoms with Gasteiger partial charge in [0.05, 0.1) is 0 Å². The molecule has 5 heteroatoms. The Morgan fingerprint density at radius 1 is 0.317 bits per heavy atom. The van der Waals surface area contributed by atoms with Crippen LogP contribution in [0.2, 0.25) is 0 Å². The lowest BCUT2D eigenvalue weighted by Gasteiger charge is -2.26. The molecule has 0 aliphatic heterocycles. The van der Waals surface area contributed by atoms with Crippen molar-refractivity contribution in [2.75, 3.05) is 4.90 Å². The number of rotatable bonds is 8. The van der Waals surface area contributed by atoms with E-state index in [2.05, 4.69) is 150 Å². The number of benzene rings is 9. The Morgan fingerprint density at radius 3 is 1.45 bits per heavy atom. The molecule has 2 heterocycles. The minimum absolute atomic E-state index is 0.589. The van der Waals surface area contributed by atoms with Crippen LogP contribution in [-0.4, -0.2) is 15.0 Å². The topological polar surface area (TPSA) is 55.1 Å². The fraction of sp³-hybridized carbons (Fsp3) is 0. The van der Waals surface area contributed by atoms with Crippen LogP contribution < -0.4 is 4.90 Å². The molecule has 11 aromatic rings. The van der Waals surface area contributed by atoms with Crippen LogP contribution in [0, 0.1) is 0 Å². The largest absolute Gasteiger partial charge is 0.456 e. The highest BCUT2D eigenvalue weighted by Crippen LogP contribution is 2.41. The highest BCUT2D eigenvalue weighted by Gasteiger charge is 2.18. The summed E-state index contributed by atoms with van der Waals surface area (Å²) in [6.45, 7) is 0. The van der Waals surface area contributed by atoms with Gasteiger partial charge >= 0.3 is 0 Å². The summed E-state index contributed by atoms with van der Waals surface area (Å²) in [5, 5.41) is 4.51. The van der Waals surface area contributed by atoms with Gasteiger partial charge in [0.1, 0.15) is 11.2 Å². The summed E-state index contributed by atoms with van der Waals surface area (Å²) >= 11 is 0. The Hall–Kier alpha value is -8.15. The highest BCUT2D eigenvalue weighted by atomic mass is 16.3. The first-order valence-electron chi connectivity index (χ1n) is 20.1. The third-order valence-electron chi connectivity index (χ3n) is 11.1. The fourth-order valence-electron chi connectivity index (χ4n) is 8.13. The number of furan rings is 1. The summed E-state index contributed by atoms with van der Waals surface area (Å²) in [6, 6.07) is 76.0. The summed E-state index contributed by atoms with van der Waals surface area (Å²) in [5.41, 5.74) is 12.2. The van der Waals surface area contributed by atoms with Gasteiger partial charge in [-0.3, -0.25) is 0 Å². The van der Waals surface area contributed by atoms with Crippen molar-refractivity contribution in [3.05, 3.63) is 218 Å². The molecule has 0 fully saturated rings. The first-order valence-corrected chi connectivity index (χ1v) is 20.1. The van der Waals surface area contributed by atoms with Crippen molar-refractivity contribution in [1.29, 1.82) is 0 Å². The maximum Gasteiger partial charge on any atom is 0.164 e. The second-order valence-corrected chi connectivity index (χ2v) is 14.9. The zero-order valence-electron chi connectivity index (χ0n) is 32.5. The lowest BCUT2D eigenvalue weighted by atomic mass is 9.98. The van der Waals surface area contributed by atoms with E-state index in [0.717, 1.165) is 66.8 Å². The Morgan fingerprint density at radius 2 is 0.817 bits per heavy atom. The molecule has 0 spiro atoms. The van der Waals surface area contributed by atoms with Crippen LogP contribution >= 0.6 is 0 Å². The van der Waals surface area contributed by atoms with Crippen LogP contribution in [-0.2, 0) is 0 Å². The van der Waals surface area contributed by atoms with Crippen molar-refractivity contribution in [2.45, 2.75) is 0 Å². The third kappa shape index (κ3) is 6.54. The van der Waals surface area contributed by atoms with Crippen LogP contribution in [0.3, 0.4) is 0 Å². The summed E-state index contributed by atoms with van der Waals surface area (Å²) in [7, 11) is 0. The van der Waals surface area contributed by atoms with E-state index in [1.165, 1.54) is 21.9 Å². The summed E-state index contributed by atoms with van der Waals surface area (Å²) in [4.78, 5) is 17.1. The molecule has 0 saturated heterocycles. The predicted octanol–water partition coefficient (Wildman–Crippen LogP) is 14.7. The van der Waals surface area contributed by atoms with Crippen molar-refractivity contribution in [2.24, 2.45) is 0 Å². The molecule has 0 N–H and O–H groups in total. The van der Waals surface area contributed by atoms with Crippen LogP contribution in [0.1, 0.15) is 0 Å². The van der Waals surface area contributed by atoms with Gasteiger partial charge in [0.2, 0.25) is 0 Å². The van der Waals surface area contributed by atoms with E-state index in [0.29, 0.717) is 17.5 Å². The Labute approximate surface area is 347 Å². The van der Waals surface area contributed by atoms with E-state index in [-0.39, 0.29) is 0 Å². The molecule has 0 radical (unpaired) electrons. The van der Waals surface area contributed by atoms with Gasteiger partial charge in [-0.2, -0.15) is 0 Å². The van der Waals surface area contributed by atoms with Crippen LogP contribution in [0.25, 0.3) is 89.1 Å². The van der Waals surface area contributed by atoms with E-state index < -0.39 is 0 Å². The van der Waals surface area contributed by atoms with Crippen molar-refractivity contribution >= 4 is 49.8 Å². The first kappa shape index (κ1) is 35.0. The molecule has 0 atom stereocenters. The zero-order chi connectivity index (χ0) is 39.8. The van der Waals surface area contributed by atoms with Gasteiger partial charge in [-0.05, 0) is 87.6 Å². The van der Waals surface area contributed by atoms with Crippen LogP contribution in [0.4, 0.5) is 17.1 Å². The van der Waals surface area contributed by atoms with Gasteiger partial charge in [0, 0.05) is 44.5 Å². The van der Waals surface area contributed by atoms with Gasteiger partial charge in [-0.1, -0.05) is 164 Å². The van der Waals surface area contributed by atoms with Crippen LogP contribution in [0.5, 0.6) is 0 Å². The molecule has 0 unspecified atom stereocenters. The molecule has 5 nitrogen and oxygen atoms in total. The zero-order valence-corrected chi connectivity index (χ0v) is 32.5. The van der Waals surface area contributed by atoms with Gasteiger partial charge in [0.25, 0.3) is 0 Å². The van der Waals surface area contributed by atoms with Crippen LogP contribution in [0.15, 0.2) is 223 Å². The molecule has 0 bridgehead atoms. The number of aromatic nitrogens is 3. The average Bonchev–Trinajstić information content (AvgIpc) is 3.71. The molecule has 0 aliphatic rings. The third-order valence-corrected chi connectivity index (χ3v) is 11.1. The molecule has 9 aromatic carbocycles. The van der Waals surface area contributed by atoms with E-state index in [9.17, 15) is 0 Å². The minimum Gasteiger partial charge on any atom is -0.456 e. The van der Waals surface area contributed by atoms with E-state index in [1.807, 2.05) is 72.8 Å². The lowest BCUT2D eigenvalue weighted by molar-refractivity contribution is 0.669. The molecule has 0 amide bonds. The number of anilines is 3. The fourth-order valence-corrected chi connectivity index (χ4v) is 8.13. The normalized spacial score (nSPS) is 11.3. The number of hydrogen-bond donors (Lipinski definition) is 0. The molecule has 0 saturated carbocycles. The van der Waals surface area contributed by atoms with E-state index in [4.69, 9.17) is 19.4 Å².